The highest BCUT2D eigenvalue weighted by molar-refractivity contribution is 5.90. The number of rotatable bonds is 6. The minimum Gasteiger partial charge on any atom is -0.323 e. The van der Waals surface area contributed by atoms with Gasteiger partial charge in [-0.1, -0.05) is 42.5 Å². The minimum atomic E-state index is -4.54. The molecule has 3 aromatic carbocycles. The zero-order valence-corrected chi connectivity index (χ0v) is 21.1. The Morgan fingerprint density at radius 3 is 2.51 bits per heavy atom. The van der Waals surface area contributed by atoms with Crippen LogP contribution in [0.5, 0.6) is 0 Å². The Morgan fingerprint density at radius 2 is 1.79 bits per heavy atom. The average molecular weight is 530 g/mol. The van der Waals surface area contributed by atoms with Crippen molar-refractivity contribution in [3.63, 3.8) is 0 Å². The topological polar surface area (TPSA) is 75.6 Å². The standard InChI is InChI=1S/C30H26F3N5O/c31-30(32,33)23-2-1-3-25-26(23)36-28(38(25)17-29(12-13-34-16-29)27(39)19-6-7-19)20-8-4-18(5-9-20)21-10-11-22-15-35-37-24(22)14-21/h1-5,8-11,14-15,19,34H,6-7,12-13,16-17H2,(H,35,37)/t29-/m0/s1. The van der Waals surface area contributed by atoms with Crippen LogP contribution in [0, 0.1) is 11.3 Å². The molecule has 2 fully saturated rings. The van der Waals surface area contributed by atoms with E-state index in [9.17, 15) is 18.0 Å². The van der Waals surface area contributed by atoms with Gasteiger partial charge in [0.15, 0.2) is 0 Å². The van der Waals surface area contributed by atoms with Gasteiger partial charge in [0, 0.05) is 30.0 Å². The number of aromatic amines is 1. The van der Waals surface area contributed by atoms with Crippen molar-refractivity contribution >= 4 is 27.7 Å². The molecule has 0 unspecified atom stereocenters. The summed E-state index contributed by atoms with van der Waals surface area (Å²) >= 11 is 0. The van der Waals surface area contributed by atoms with E-state index in [1.54, 1.807) is 12.3 Å². The van der Waals surface area contributed by atoms with Crippen molar-refractivity contribution in [3.8, 4) is 22.5 Å². The van der Waals surface area contributed by atoms with Crippen molar-refractivity contribution in [2.45, 2.75) is 32.0 Å². The van der Waals surface area contributed by atoms with Crippen LogP contribution >= 0.6 is 0 Å². The number of benzene rings is 3. The van der Waals surface area contributed by atoms with Gasteiger partial charge in [0.05, 0.1) is 28.2 Å². The van der Waals surface area contributed by atoms with Crippen LogP contribution < -0.4 is 5.32 Å². The fourth-order valence-electron chi connectivity index (χ4n) is 5.93. The summed E-state index contributed by atoms with van der Waals surface area (Å²) in [5.41, 5.74) is 2.47. The number of nitrogens with zero attached hydrogens (tertiary/aromatic N) is 3. The number of hydrogen-bond acceptors (Lipinski definition) is 4. The van der Waals surface area contributed by atoms with Gasteiger partial charge in [0.25, 0.3) is 0 Å². The Kier molecular flexibility index (Phi) is 5.42. The summed E-state index contributed by atoms with van der Waals surface area (Å²) in [5, 5.41) is 11.4. The summed E-state index contributed by atoms with van der Waals surface area (Å²) < 4.78 is 43.8. The quantitative estimate of drug-likeness (QED) is 0.274. The third-order valence-electron chi connectivity index (χ3n) is 8.18. The fourth-order valence-corrected chi connectivity index (χ4v) is 5.93. The van der Waals surface area contributed by atoms with Crippen LogP contribution in [0.15, 0.2) is 66.9 Å². The smallest absolute Gasteiger partial charge is 0.323 e. The highest BCUT2D eigenvalue weighted by atomic mass is 19.4. The summed E-state index contributed by atoms with van der Waals surface area (Å²) in [7, 11) is 0. The SMILES string of the molecule is O=C(C1CC1)[C@@]1(Cn2c(-c3ccc(-c4ccc5cn[nH]c5c4)cc3)nc3c(C(F)(F)F)cccc32)CCNC1. The maximum Gasteiger partial charge on any atom is 0.418 e. The van der Waals surface area contributed by atoms with E-state index in [0.717, 1.165) is 40.9 Å². The molecule has 9 heteroatoms. The molecule has 39 heavy (non-hydrogen) atoms. The van der Waals surface area contributed by atoms with Gasteiger partial charge in [-0.05, 0) is 55.1 Å². The predicted octanol–water partition coefficient (Wildman–Crippen LogP) is 6.22. The lowest BCUT2D eigenvalue weighted by Gasteiger charge is -2.28. The Balaban J connectivity index is 1.35. The summed E-state index contributed by atoms with van der Waals surface area (Å²) in [6.45, 7) is 1.53. The minimum absolute atomic E-state index is 0.0559. The second-order valence-electron chi connectivity index (χ2n) is 10.8. The van der Waals surface area contributed by atoms with Crippen LogP contribution in [-0.4, -0.2) is 38.6 Å². The van der Waals surface area contributed by atoms with Gasteiger partial charge in [0.2, 0.25) is 0 Å². The summed E-state index contributed by atoms with van der Waals surface area (Å²) in [5.74, 6) is 0.712. The molecular formula is C30H26F3N5O. The molecule has 6 nitrogen and oxygen atoms in total. The van der Waals surface area contributed by atoms with E-state index in [-0.39, 0.29) is 17.2 Å². The molecule has 0 spiro atoms. The number of aromatic nitrogens is 4. The molecular weight excluding hydrogens is 503 g/mol. The maximum atomic E-state index is 14.0. The van der Waals surface area contributed by atoms with Crippen molar-refractivity contribution in [2.24, 2.45) is 11.3 Å². The number of nitrogens with one attached hydrogen (secondary N) is 2. The Morgan fingerprint density at radius 1 is 1.03 bits per heavy atom. The lowest BCUT2D eigenvalue weighted by atomic mass is 9.80. The highest BCUT2D eigenvalue weighted by Gasteiger charge is 2.48. The van der Waals surface area contributed by atoms with Crippen LogP contribution in [0.2, 0.25) is 0 Å². The summed E-state index contributed by atoms with van der Waals surface area (Å²) in [6.07, 6.45) is -0.330. The number of alkyl halides is 3. The third-order valence-corrected chi connectivity index (χ3v) is 8.18. The molecule has 2 aliphatic rings. The molecule has 1 atom stereocenters. The lowest BCUT2D eigenvalue weighted by molar-refractivity contribution is -0.136. The first kappa shape index (κ1) is 24.1. The molecule has 0 bridgehead atoms. The van der Waals surface area contributed by atoms with Crippen molar-refractivity contribution < 1.29 is 18.0 Å². The molecule has 1 aliphatic carbocycles. The molecule has 1 saturated heterocycles. The van der Waals surface area contributed by atoms with Gasteiger partial charge in [0.1, 0.15) is 17.1 Å². The van der Waals surface area contributed by atoms with Gasteiger partial charge >= 0.3 is 6.18 Å². The predicted molar refractivity (Wildman–Crippen MR) is 143 cm³/mol. The van der Waals surface area contributed by atoms with Crippen molar-refractivity contribution in [1.29, 1.82) is 0 Å². The van der Waals surface area contributed by atoms with Crippen LogP contribution in [0.1, 0.15) is 24.8 Å². The van der Waals surface area contributed by atoms with E-state index >= 15 is 0 Å². The van der Waals surface area contributed by atoms with Crippen molar-refractivity contribution in [1.82, 2.24) is 25.1 Å². The van der Waals surface area contributed by atoms with E-state index in [1.807, 2.05) is 47.0 Å². The molecule has 198 valence electrons. The first-order chi connectivity index (χ1) is 18.8. The van der Waals surface area contributed by atoms with Crippen LogP contribution in [-0.2, 0) is 17.5 Å². The number of imidazole rings is 1. The largest absolute Gasteiger partial charge is 0.418 e. The van der Waals surface area contributed by atoms with E-state index in [1.165, 1.54) is 6.07 Å². The monoisotopic (exact) mass is 529 g/mol. The summed E-state index contributed by atoms with van der Waals surface area (Å²) in [4.78, 5) is 18.1. The number of halogens is 3. The maximum absolute atomic E-state index is 14.0. The Bertz CT molecular complexity index is 1710. The molecule has 0 radical (unpaired) electrons. The molecule has 5 aromatic rings. The van der Waals surface area contributed by atoms with Crippen molar-refractivity contribution in [2.75, 3.05) is 13.1 Å². The Labute approximate surface area is 222 Å². The number of ketones is 1. The van der Waals surface area contributed by atoms with Crippen molar-refractivity contribution in [3.05, 3.63) is 72.4 Å². The summed E-state index contributed by atoms with van der Waals surface area (Å²) in [6, 6.07) is 17.9. The number of carbonyl (C=O) groups is 1. The third kappa shape index (κ3) is 4.12. The molecule has 2 aromatic heterocycles. The van der Waals surface area contributed by atoms with E-state index in [2.05, 4.69) is 20.5 Å². The Hall–Kier alpha value is -3.98. The van der Waals surface area contributed by atoms with E-state index in [0.29, 0.717) is 43.0 Å². The molecule has 3 heterocycles. The molecule has 7 rings (SSSR count). The number of Topliss-reactive ketones (excluding diaryl/α,β-unsaturated/α-hetero) is 1. The van der Waals surface area contributed by atoms with Crippen LogP contribution in [0.3, 0.4) is 0 Å². The number of carbonyl (C=O) groups excluding carboxylic acids is 1. The zero-order chi connectivity index (χ0) is 26.8. The van der Waals surface area contributed by atoms with Gasteiger partial charge in [-0.3, -0.25) is 9.89 Å². The first-order valence-electron chi connectivity index (χ1n) is 13.2. The molecule has 2 N–H and O–H groups in total. The zero-order valence-electron chi connectivity index (χ0n) is 21.1. The second-order valence-corrected chi connectivity index (χ2v) is 10.8. The van der Waals surface area contributed by atoms with Gasteiger partial charge in [-0.25, -0.2) is 4.98 Å². The van der Waals surface area contributed by atoms with E-state index in [4.69, 9.17) is 0 Å². The highest BCUT2D eigenvalue weighted by Crippen LogP contribution is 2.43. The molecule has 1 aliphatic heterocycles. The molecule has 1 saturated carbocycles. The second kappa shape index (κ2) is 8.77. The van der Waals surface area contributed by atoms with Crippen LogP contribution in [0.25, 0.3) is 44.5 Å². The average Bonchev–Trinajstić information content (AvgIpc) is 3.31. The lowest BCUT2D eigenvalue weighted by Crippen LogP contribution is -2.39. The van der Waals surface area contributed by atoms with Crippen LogP contribution in [0.4, 0.5) is 13.2 Å². The van der Waals surface area contributed by atoms with Gasteiger partial charge < -0.3 is 9.88 Å². The first-order valence-corrected chi connectivity index (χ1v) is 13.2. The van der Waals surface area contributed by atoms with Gasteiger partial charge in [-0.15, -0.1) is 0 Å². The molecule has 0 amide bonds. The van der Waals surface area contributed by atoms with Gasteiger partial charge in [-0.2, -0.15) is 18.3 Å². The number of fused-ring (bicyclic) bond motifs is 2. The fraction of sp³-hybridized carbons (Fsp3) is 0.300. The number of H-pyrrole nitrogens is 1. The number of hydrogen-bond donors (Lipinski definition) is 2. The normalized spacial score (nSPS) is 19.8. The number of para-hydroxylation sites is 1. The van der Waals surface area contributed by atoms with E-state index < -0.39 is 17.2 Å².